The largest absolute Gasteiger partial charge is 0.467 e. The number of esters is 1. The zero-order valence-corrected chi connectivity index (χ0v) is 13.9. The summed E-state index contributed by atoms with van der Waals surface area (Å²) in [6.45, 7) is 2.43. The van der Waals surface area contributed by atoms with Gasteiger partial charge < -0.3 is 15.2 Å². The molecule has 8 nitrogen and oxygen atoms in total. The highest BCUT2D eigenvalue weighted by Crippen LogP contribution is 2.10. The molecule has 0 aliphatic heterocycles. The summed E-state index contributed by atoms with van der Waals surface area (Å²) in [4.78, 5) is 23.2. The molecule has 1 aromatic rings. The number of nitrogens with one attached hydrogen (secondary N) is 2. The number of hydrogen-bond acceptors (Lipinski definition) is 6. The molecule has 0 unspecified atom stereocenters. The number of benzene rings is 1. The Morgan fingerprint density at radius 2 is 1.83 bits per heavy atom. The zero-order chi connectivity index (χ0) is 17.6. The van der Waals surface area contributed by atoms with Crippen LogP contribution in [-0.2, 0) is 24.3 Å². The normalized spacial score (nSPS) is 13.9. The van der Waals surface area contributed by atoms with Gasteiger partial charge in [-0.1, -0.05) is 17.7 Å². The first-order chi connectivity index (χ1) is 10.7. The predicted octanol–water partition coefficient (Wildman–Crippen LogP) is -0.688. The minimum Gasteiger partial charge on any atom is -0.467 e. The van der Waals surface area contributed by atoms with Gasteiger partial charge in [0.1, 0.15) is 12.1 Å². The predicted molar refractivity (Wildman–Crippen MR) is 82.0 cm³/mol. The molecule has 0 aliphatic carbocycles. The maximum absolute atomic E-state index is 12.2. The molecule has 1 aromatic carbocycles. The van der Waals surface area contributed by atoms with Crippen LogP contribution >= 0.6 is 0 Å². The van der Waals surface area contributed by atoms with Gasteiger partial charge in [-0.05, 0) is 26.0 Å². The fourth-order valence-electron chi connectivity index (χ4n) is 1.70. The van der Waals surface area contributed by atoms with E-state index in [9.17, 15) is 23.1 Å². The van der Waals surface area contributed by atoms with Crippen molar-refractivity contribution < 1.29 is 27.9 Å². The van der Waals surface area contributed by atoms with Crippen LogP contribution < -0.4 is 10.0 Å². The summed E-state index contributed by atoms with van der Waals surface area (Å²) >= 11 is 0. The number of carbonyl (C=O) groups is 2. The minimum absolute atomic E-state index is 0.0321. The first-order valence-electron chi connectivity index (χ1n) is 6.79. The highest BCUT2D eigenvalue weighted by molar-refractivity contribution is 7.89. The highest BCUT2D eigenvalue weighted by Gasteiger charge is 2.27. The molecule has 23 heavy (non-hydrogen) atoms. The van der Waals surface area contributed by atoms with Crippen LogP contribution in [0.25, 0.3) is 0 Å². The number of sulfonamides is 1. The Balaban J connectivity index is 2.84. The van der Waals surface area contributed by atoms with Gasteiger partial charge in [0.25, 0.3) is 0 Å². The van der Waals surface area contributed by atoms with E-state index < -0.39 is 40.6 Å². The molecule has 0 aliphatic rings. The molecule has 0 aromatic heterocycles. The Morgan fingerprint density at radius 3 is 2.30 bits per heavy atom. The second kappa shape index (κ2) is 8.04. The Bertz CT molecular complexity index is 656. The first kappa shape index (κ1) is 19.1. The van der Waals surface area contributed by atoms with E-state index in [0.29, 0.717) is 0 Å². The first-order valence-corrected chi connectivity index (χ1v) is 8.27. The van der Waals surface area contributed by atoms with Crippen LogP contribution in [0.4, 0.5) is 0 Å². The molecule has 3 N–H and O–H groups in total. The SMILES string of the molecule is COC(=O)[C@@H](C)NC(=O)[C@H](CO)NS(=O)(=O)c1ccc(C)cc1. The van der Waals surface area contributed by atoms with Gasteiger partial charge >= 0.3 is 5.97 Å². The fraction of sp³-hybridized carbons (Fsp3) is 0.429. The number of aliphatic hydroxyl groups excluding tert-OH is 1. The standard InChI is InChI=1S/C14H20N2O6S/c1-9-4-6-11(7-5-9)23(20,21)16-12(8-17)13(18)15-10(2)14(19)22-3/h4-7,10,12,16-17H,8H2,1-3H3,(H,15,18)/t10-,12+/m1/s1. The van der Waals surface area contributed by atoms with Gasteiger partial charge in [-0.25, -0.2) is 13.2 Å². The van der Waals surface area contributed by atoms with Crippen molar-refractivity contribution in [2.45, 2.75) is 30.8 Å². The fourth-order valence-corrected chi connectivity index (χ4v) is 2.88. The Hall–Kier alpha value is -1.97. The molecular formula is C14H20N2O6S. The van der Waals surface area contributed by atoms with Crippen LogP contribution in [0.15, 0.2) is 29.2 Å². The van der Waals surface area contributed by atoms with E-state index in [0.717, 1.165) is 12.7 Å². The third-order valence-corrected chi connectivity index (χ3v) is 4.53. The molecule has 0 bridgehead atoms. The number of aryl methyl sites for hydroxylation is 1. The number of hydrogen-bond donors (Lipinski definition) is 3. The number of amides is 1. The van der Waals surface area contributed by atoms with Crippen LogP contribution in [0.1, 0.15) is 12.5 Å². The van der Waals surface area contributed by atoms with Gasteiger partial charge in [0.05, 0.1) is 18.6 Å². The summed E-state index contributed by atoms with van der Waals surface area (Å²) in [5.74, 6) is -1.52. The van der Waals surface area contributed by atoms with Gasteiger partial charge in [-0.2, -0.15) is 4.72 Å². The molecule has 0 saturated carbocycles. The van der Waals surface area contributed by atoms with Gasteiger partial charge in [0.15, 0.2) is 0 Å². The molecular weight excluding hydrogens is 324 g/mol. The van der Waals surface area contributed by atoms with Crippen LogP contribution in [0, 0.1) is 6.92 Å². The molecule has 1 amide bonds. The van der Waals surface area contributed by atoms with Crippen molar-refractivity contribution in [2.24, 2.45) is 0 Å². The average Bonchev–Trinajstić information content (AvgIpc) is 2.51. The number of aliphatic hydroxyl groups is 1. The van der Waals surface area contributed by atoms with E-state index in [2.05, 4.69) is 14.8 Å². The van der Waals surface area contributed by atoms with E-state index in [-0.39, 0.29) is 4.90 Å². The third kappa shape index (κ3) is 5.31. The van der Waals surface area contributed by atoms with Crippen molar-refractivity contribution >= 4 is 21.9 Å². The maximum atomic E-state index is 12.2. The lowest BCUT2D eigenvalue weighted by Gasteiger charge is -2.18. The molecule has 0 saturated heterocycles. The van der Waals surface area contributed by atoms with Crippen LogP contribution in [0.2, 0.25) is 0 Å². The van der Waals surface area contributed by atoms with E-state index in [1.54, 1.807) is 12.1 Å². The molecule has 0 radical (unpaired) electrons. The molecule has 9 heteroatoms. The highest BCUT2D eigenvalue weighted by atomic mass is 32.2. The van der Waals surface area contributed by atoms with Crippen molar-refractivity contribution in [3.63, 3.8) is 0 Å². The molecule has 128 valence electrons. The van der Waals surface area contributed by atoms with Crippen LogP contribution in [-0.4, -0.2) is 51.2 Å². The lowest BCUT2D eigenvalue weighted by atomic mass is 10.2. The molecule has 1 rings (SSSR count). The number of methoxy groups -OCH3 is 1. The number of ether oxygens (including phenoxy) is 1. The van der Waals surface area contributed by atoms with Gasteiger partial charge in [-0.3, -0.25) is 4.79 Å². The third-order valence-electron chi connectivity index (χ3n) is 3.04. The second-order valence-corrected chi connectivity index (χ2v) is 6.64. The number of carbonyl (C=O) groups excluding carboxylic acids is 2. The number of rotatable bonds is 7. The lowest BCUT2D eigenvalue weighted by Crippen LogP contribution is -2.52. The second-order valence-electron chi connectivity index (χ2n) is 4.92. The minimum atomic E-state index is -3.98. The molecule has 2 atom stereocenters. The van der Waals surface area contributed by atoms with Gasteiger partial charge in [0, 0.05) is 0 Å². The quantitative estimate of drug-likeness (QED) is 0.563. The van der Waals surface area contributed by atoms with Crippen molar-refractivity contribution in [3.8, 4) is 0 Å². The van der Waals surface area contributed by atoms with Crippen LogP contribution in [0.3, 0.4) is 0 Å². The van der Waals surface area contributed by atoms with E-state index in [1.807, 2.05) is 6.92 Å². The monoisotopic (exact) mass is 344 g/mol. The summed E-state index contributed by atoms with van der Waals surface area (Å²) in [7, 11) is -2.82. The summed E-state index contributed by atoms with van der Waals surface area (Å²) in [6.07, 6.45) is 0. The molecule has 0 spiro atoms. The topological polar surface area (TPSA) is 122 Å². The summed E-state index contributed by atoms with van der Waals surface area (Å²) in [5.41, 5.74) is 0.882. The molecule has 0 heterocycles. The van der Waals surface area contributed by atoms with Gasteiger partial charge in [0.2, 0.25) is 15.9 Å². The van der Waals surface area contributed by atoms with Crippen molar-refractivity contribution in [2.75, 3.05) is 13.7 Å². The van der Waals surface area contributed by atoms with Crippen molar-refractivity contribution in [1.82, 2.24) is 10.0 Å². The lowest BCUT2D eigenvalue weighted by molar-refractivity contribution is -0.144. The summed E-state index contributed by atoms with van der Waals surface area (Å²) in [5, 5.41) is 11.5. The average molecular weight is 344 g/mol. The van der Waals surface area contributed by atoms with E-state index in [1.165, 1.54) is 19.1 Å². The molecule has 0 fully saturated rings. The van der Waals surface area contributed by atoms with E-state index >= 15 is 0 Å². The van der Waals surface area contributed by atoms with E-state index in [4.69, 9.17) is 0 Å². The Morgan fingerprint density at radius 1 is 1.26 bits per heavy atom. The summed E-state index contributed by atoms with van der Waals surface area (Å²) in [6, 6.07) is 3.62. The van der Waals surface area contributed by atoms with Crippen LogP contribution in [0.5, 0.6) is 0 Å². The maximum Gasteiger partial charge on any atom is 0.328 e. The zero-order valence-electron chi connectivity index (χ0n) is 13.1. The summed E-state index contributed by atoms with van der Waals surface area (Å²) < 4.78 is 31.0. The smallest absolute Gasteiger partial charge is 0.328 e. The van der Waals surface area contributed by atoms with Crippen molar-refractivity contribution in [3.05, 3.63) is 29.8 Å². The Labute approximate surface area is 134 Å². The Kier molecular flexibility index (Phi) is 6.67. The van der Waals surface area contributed by atoms with Crippen molar-refractivity contribution in [1.29, 1.82) is 0 Å². The van der Waals surface area contributed by atoms with Gasteiger partial charge in [-0.15, -0.1) is 0 Å².